The number of alkyl halides is 1. The number of carbonyl (C=O) groups excluding carboxylic acids is 1. The summed E-state index contributed by atoms with van der Waals surface area (Å²) in [6.07, 6.45) is -11.4. The van der Waals surface area contributed by atoms with E-state index in [1.165, 1.54) is 10.8 Å². The minimum atomic E-state index is -4.65. The Kier molecular flexibility index (Phi) is 11.7. The third-order valence-corrected chi connectivity index (χ3v) is 13.8. The predicted molar refractivity (Wildman–Crippen MR) is 196 cm³/mol. The van der Waals surface area contributed by atoms with E-state index in [0.29, 0.717) is 17.1 Å². The summed E-state index contributed by atoms with van der Waals surface area (Å²) >= 11 is 5.62. The molecule has 0 saturated carbocycles. The van der Waals surface area contributed by atoms with Gasteiger partial charge in [-0.15, -0.1) is 0 Å². The lowest BCUT2D eigenvalue weighted by Crippen LogP contribution is -2.36. The zero-order chi connectivity index (χ0) is 40.1. The predicted octanol–water partition coefficient (Wildman–Crippen LogP) is 1.09. The SMILES string of the molecule is CC(C)OC(=O)OCSP1(=O)OC[C@H]2O[C@@H](C3C=Nc4c(nc(N)[nH]c4=O)CC3)C(F)C2OP(O)(=S)OCC2OC(n3cnc4c(=O)[nH]c(N)nc43)C(O1)C2O. The molecule has 3 fully saturated rings. The number of nitrogen functional groups attached to an aromatic ring is 2. The van der Waals surface area contributed by atoms with E-state index in [-0.39, 0.29) is 41.6 Å². The van der Waals surface area contributed by atoms with Crippen molar-refractivity contribution in [2.75, 3.05) is 30.6 Å². The molecule has 4 aliphatic heterocycles. The van der Waals surface area contributed by atoms with Crippen LogP contribution in [0.4, 0.5) is 26.8 Å². The number of carbonyl (C=O) groups is 1. The summed E-state index contributed by atoms with van der Waals surface area (Å²) in [6, 6.07) is 0. The summed E-state index contributed by atoms with van der Waals surface area (Å²) in [5, 5.41) is 11.5. The van der Waals surface area contributed by atoms with Gasteiger partial charge in [-0.25, -0.2) is 23.7 Å². The van der Waals surface area contributed by atoms with Crippen LogP contribution in [0.1, 0.15) is 32.2 Å². The number of nitrogens with two attached hydrogens (primary N) is 2. The molecule has 7 rings (SSSR count). The van der Waals surface area contributed by atoms with Gasteiger partial charge in [0.05, 0.1) is 37.4 Å². The van der Waals surface area contributed by atoms with Crippen molar-refractivity contribution in [2.24, 2.45) is 10.9 Å². The largest absolute Gasteiger partial charge is 0.509 e. The highest BCUT2D eigenvalue weighted by molar-refractivity contribution is 8.55. The monoisotopic (exact) mass is 867 g/mol. The van der Waals surface area contributed by atoms with Gasteiger partial charge >= 0.3 is 19.7 Å². The molecule has 3 aromatic rings. The van der Waals surface area contributed by atoms with Crippen molar-refractivity contribution >= 4 is 77.8 Å². The summed E-state index contributed by atoms with van der Waals surface area (Å²) in [4.78, 5) is 69.6. The number of aliphatic imine (C=N–C) groups is 1. The fraction of sp³-hybridized carbons (Fsp3) is 0.607. The molecule has 8 N–H and O–H groups in total. The van der Waals surface area contributed by atoms with Crippen molar-refractivity contribution in [3.8, 4) is 0 Å². The smallest absolute Gasteiger partial charge is 0.432 e. The van der Waals surface area contributed by atoms with Crippen LogP contribution in [0.2, 0.25) is 0 Å². The van der Waals surface area contributed by atoms with Gasteiger partial charge in [-0.3, -0.25) is 42.7 Å². The van der Waals surface area contributed by atoms with Crippen LogP contribution in [0.3, 0.4) is 0 Å². The molecule has 7 heterocycles. The van der Waals surface area contributed by atoms with Crippen LogP contribution in [-0.4, -0.2) is 120 Å². The highest BCUT2D eigenvalue weighted by Crippen LogP contribution is 2.64. The minimum absolute atomic E-state index is 0.00167. The summed E-state index contributed by atoms with van der Waals surface area (Å²) in [6.45, 7) is -7.25. The van der Waals surface area contributed by atoms with E-state index < -0.39 is 111 Å². The van der Waals surface area contributed by atoms with E-state index in [2.05, 4.69) is 29.9 Å². The van der Waals surface area contributed by atoms with Crippen LogP contribution in [0, 0.1) is 5.92 Å². The molecule has 23 nitrogen and oxygen atoms in total. The lowest BCUT2D eigenvalue weighted by molar-refractivity contribution is -0.0557. The van der Waals surface area contributed by atoms with Crippen molar-refractivity contribution in [2.45, 2.75) is 81.8 Å². The Labute approximate surface area is 323 Å². The van der Waals surface area contributed by atoms with Gasteiger partial charge in [-0.1, -0.05) is 0 Å². The van der Waals surface area contributed by atoms with Crippen molar-refractivity contribution in [1.82, 2.24) is 29.5 Å². The van der Waals surface area contributed by atoms with Crippen molar-refractivity contribution < 1.29 is 60.8 Å². The second-order valence-electron chi connectivity index (χ2n) is 13.1. The fourth-order valence-electron chi connectivity index (χ4n) is 6.43. The van der Waals surface area contributed by atoms with E-state index in [1.807, 2.05) is 0 Å². The van der Waals surface area contributed by atoms with Crippen molar-refractivity contribution in [3.63, 3.8) is 0 Å². The van der Waals surface area contributed by atoms with E-state index in [0.717, 1.165) is 6.33 Å². The molecule has 306 valence electrons. The van der Waals surface area contributed by atoms with Crippen LogP contribution in [0.25, 0.3) is 11.2 Å². The average Bonchev–Trinajstić information content (AvgIpc) is 3.70. The molecule has 3 aromatic heterocycles. The molecule has 3 saturated heterocycles. The number of aryl methyl sites for hydroxylation is 1. The Morgan fingerprint density at radius 1 is 1.11 bits per heavy atom. The molecule has 0 amide bonds. The van der Waals surface area contributed by atoms with E-state index in [4.69, 9.17) is 60.3 Å². The van der Waals surface area contributed by atoms with Gasteiger partial charge in [0.15, 0.2) is 29.5 Å². The van der Waals surface area contributed by atoms with Gasteiger partial charge < -0.3 is 44.9 Å². The number of rotatable bonds is 6. The zero-order valence-corrected chi connectivity index (χ0v) is 32.7. The summed E-state index contributed by atoms with van der Waals surface area (Å²) < 4.78 is 77.6. The van der Waals surface area contributed by atoms with E-state index in [9.17, 15) is 28.9 Å². The number of hydrogen-bond acceptors (Lipinski definition) is 21. The number of hydrogen-bond donors (Lipinski definition) is 6. The number of ether oxygens (including phenoxy) is 4. The van der Waals surface area contributed by atoms with Crippen LogP contribution in [0.15, 0.2) is 20.9 Å². The molecular weight excluding hydrogens is 831 g/mol. The normalized spacial score (nSPS) is 34.9. The first-order valence-electron chi connectivity index (χ1n) is 16.9. The van der Waals surface area contributed by atoms with Crippen LogP contribution >= 0.6 is 24.9 Å². The first-order chi connectivity index (χ1) is 26.5. The van der Waals surface area contributed by atoms with Gasteiger partial charge in [-0.05, 0) is 38.5 Å². The quantitative estimate of drug-likeness (QED) is 0.115. The highest BCUT2D eigenvalue weighted by Gasteiger charge is 2.54. The highest BCUT2D eigenvalue weighted by atomic mass is 32.7. The average molecular weight is 868 g/mol. The molecule has 4 aliphatic rings. The number of fused-ring (bicyclic) bond motifs is 5. The number of aromatic nitrogens is 6. The Balaban J connectivity index is 1.20. The molecule has 9 unspecified atom stereocenters. The summed E-state index contributed by atoms with van der Waals surface area (Å²) in [5.41, 5.74) is 10.2. The Bertz CT molecular complexity index is 2230. The van der Waals surface area contributed by atoms with Crippen LogP contribution in [0.5, 0.6) is 0 Å². The second-order valence-corrected chi connectivity index (χ2v) is 19.9. The Morgan fingerprint density at radius 2 is 1.84 bits per heavy atom. The van der Waals surface area contributed by atoms with E-state index >= 15 is 4.39 Å². The zero-order valence-electron chi connectivity index (χ0n) is 29.2. The Morgan fingerprint density at radius 3 is 2.61 bits per heavy atom. The van der Waals surface area contributed by atoms with Gasteiger partial charge in [-0.2, -0.15) is 4.98 Å². The molecule has 0 aromatic carbocycles. The molecule has 0 radical (unpaired) electrons. The van der Waals surface area contributed by atoms with Gasteiger partial charge in [0.1, 0.15) is 36.2 Å². The number of nitrogens with zero attached hydrogens (tertiary/aromatic N) is 5. The number of aromatic amines is 2. The van der Waals surface area contributed by atoms with E-state index in [1.54, 1.807) is 13.8 Å². The molecule has 11 atom stereocenters. The number of halogens is 1. The first-order valence-corrected chi connectivity index (χ1v) is 22.6. The second kappa shape index (κ2) is 16.1. The summed E-state index contributed by atoms with van der Waals surface area (Å²) in [7, 11) is 0. The maximum atomic E-state index is 16.5. The third-order valence-electron chi connectivity index (χ3n) is 8.90. The maximum Gasteiger partial charge on any atom is 0.509 e. The van der Waals surface area contributed by atoms with Gasteiger partial charge in [0.25, 0.3) is 11.1 Å². The van der Waals surface area contributed by atoms with Crippen LogP contribution in [-0.2, 0) is 59.8 Å². The Hall–Kier alpha value is -3.39. The molecule has 0 aliphatic carbocycles. The first kappa shape index (κ1) is 40.8. The lowest BCUT2D eigenvalue weighted by atomic mass is 9.93. The van der Waals surface area contributed by atoms with Gasteiger partial charge in [0.2, 0.25) is 11.9 Å². The molecule has 0 spiro atoms. The van der Waals surface area contributed by atoms with Crippen LogP contribution < -0.4 is 22.6 Å². The topological polar surface area (TPSA) is 322 Å². The number of aliphatic hydroxyl groups excluding tert-OH is 1. The number of imidazole rings is 1. The fourth-order valence-corrected chi connectivity index (χ4v) is 10.6. The standard InChI is InChI=1S/C28H36FN9O14P2S2/c1-10(2)48-28(42)45-9-56-54(44)47-7-14-20(15(29)19(49-14)11-3-4-12-16(32-5-11)23(40)36-26(30)34-12)51-53(43,55)46-6-13-18(39)21(52-54)25(50-13)38-8-33-17-22(38)35-27(31)37-24(17)41/h5,8,10-11,13-15,18-21,25,39H,3-4,6-7,9H2,1-2H3,(H,43,55)(H3,30,34,36,40)(H3,31,35,37,41)/t11?,13?,14-,15?,18?,19+,20?,21?,25?,53?,54?/m1/s1. The molecule has 28 heteroatoms. The lowest BCUT2D eigenvalue weighted by Gasteiger charge is -2.28. The van der Waals surface area contributed by atoms with Crippen molar-refractivity contribution in [1.29, 1.82) is 0 Å². The van der Waals surface area contributed by atoms with Crippen molar-refractivity contribution in [3.05, 3.63) is 32.7 Å². The van der Waals surface area contributed by atoms with Gasteiger partial charge in [0, 0.05) is 23.5 Å². The summed E-state index contributed by atoms with van der Waals surface area (Å²) in [5.74, 6) is -1.83. The molecular formula is C28H36FN9O14P2S2. The maximum absolute atomic E-state index is 16.5. The number of nitrogens with one attached hydrogen (secondary N) is 2. The number of anilines is 2. The number of H-pyrrole nitrogens is 2. The minimum Gasteiger partial charge on any atom is -0.432 e. The number of aliphatic hydroxyl groups is 1. The third kappa shape index (κ3) is 8.56. The molecule has 2 bridgehead atoms. The molecule has 56 heavy (non-hydrogen) atoms.